The Kier molecular flexibility index (Phi) is 3.56. The zero-order chi connectivity index (χ0) is 5.45. The van der Waals surface area contributed by atoms with Crippen molar-refractivity contribution in [2.75, 3.05) is 0 Å². The number of rotatable bonds is 0. The van der Waals surface area contributed by atoms with E-state index in [4.69, 9.17) is 0 Å². The van der Waals surface area contributed by atoms with Crippen LogP contribution in [0.1, 0.15) is 0 Å². The predicted octanol–water partition coefficient (Wildman–Crippen LogP) is 4.23. The van der Waals surface area contributed by atoms with Crippen LogP contribution in [0.25, 0.3) is 0 Å². The molecule has 0 aromatic rings. The fraction of sp³-hybridized carbons (Fsp3) is 0. The van der Waals surface area contributed by atoms with Gasteiger partial charge in [0.15, 0.2) is 0 Å². The Morgan fingerprint density at radius 3 is 0.667 bits per heavy atom. The third kappa shape index (κ3) is 27.7. The molecule has 42 valence electrons. The molecule has 0 aliphatic carbocycles. The van der Waals surface area contributed by atoms with E-state index in [1.165, 1.54) is 0 Å². The number of halogens is 5. The van der Waals surface area contributed by atoms with Gasteiger partial charge in [-0.2, -0.15) is 0 Å². The Labute approximate surface area is 69.8 Å². The summed E-state index contributed by atoms with van der Waals surface area (Å²) >= 11 is 16.7. The van der Waals surface area contributed by atoms with Crippen molar-refractivity contribution in [2.24, 2.45) is 0 Å². The summed E-state index contributed by atoms with van der Waals surface area (Å²) in [5.41, 5.74) is 0. The molecule has 0 rings (SSSR count). The molecule has 0 heterocycles. The zero-order valence-electron chi connectivity index (χ0n) is 2.27. The molecule has 0 aliphatic rings. The second-order valence-corrected chi connectivity index (χ2v) is 119. The first-order chi connectivity index (χ1) is 2.24. The second-order valence-electron chi connectivity index (χ2n) is 0.540. The quantitative estimate of drug-likeness (QED) is 0.400. The van der Waals surface area contributed by atoms with Crippen LogP contribution in [0.2, 0.25) is 0 Å². The standard InChI is InChI=1S/5BrH.Re/h5*1H;/q;;;;;+5/p-5. The van der Waals surface area contributed by atoms with Crippen LogP contribution in [0.3, 0.4) is 0 Å². The Hall–Kier alpha value is 3.06. The molecule has 0 saturated carbocycles. The first-order valence-corrected chi connectivity index (χ1v) is 30.4. The molecule has 0 spiro atoms. The Bertz CT molecular complexity index is 37.1. The molecule has 0 radical (unpaired) electrons. The van der Waals surface area contributed by atoms with Gasteiger partial charge in [0.05, 0.1) is 0 Å². The average molecular weight is 586 g/mol. The molecule has 0 nitrogen and oxygen atoms in total. The average Bonchev–Trinajstić information content (AvgIpc) is 0.650. The zero-order valence-corrected chi connectivity index (χ0v) is 12.9. The van der Waals surface area contributed by atoms with Gasteiger partial charge in [-0.15, -0.1) is 0 Å². The molecule has 6 heavy (non-hydrogen) atoms. The van der Waals surface area contributed by atoms with Crippen molar-refractivity contribution in [3.8, 4) is 0 Å². The summed E-state index contributed by atoms with van der Waals surface area (Å²) in [5.74, 6) is 0. The van der Waals surface area contributed by atoms with Gasteiger partial charge in [0.25, 0.3) is 0 Å². The monoisotopic (exact) mass is 582 g/mol. The maximum absolute atomic E-state index is 3.35. The first-order valence-electron chi connectivity index (χ1n) is 0.714. The Morgan fingerprint density at radius 2 is 0.667 bits per heavy atom. The maximum atomic E-state index is 3.35. The molecule has 0 atom stereocenters. The molecule has 0 N–H and O–H groups in total. The fourth-order valence-electron chi connectivity index (χ4n) is 0. The topological polar surface area (TPSA) is 0 Å². The summed E-state index contributed by atoms with van der Waals surface area (Å²) in [7, 11) is 0. The van der Waals surface area contributed by atoms with E-state index in [9.17, 15) is 0 Å². The van der Waals surface area contributed by atoms with Crippen molar-refractivity contribution >= 4 is 67.1 Å². The van der Waals surface area contributed by atoms with Crippen molar-refractivity contribution in [3.05, 3.63) is 0 Å². The van der Waals surface area contributed by atoms with E-state index in [-0.39, 0.29) is 0 Å². The predicted molar refractivity (Wildman–Crippen MR) is 44.6 cm³/mol. The summed E-state index contributed by atoms with van der Waals surface area (Å²) in [6.07, 6.45) is 0. The molecule has 0 amide bonds. The molecule has 0 aliphatic heterocycles. The molecule has 0 fully saturated rings. The van der Waals surface area contributed by atoms with E-state index >= 15 is 0 Å². The number of hydrogen-bond acceptors (Lipinski definition) is 0. The van der Waals surface area contributed by atoms with Gasteiger partial charge in [0, 0.05) is 0 Å². The van der Waals surface area contributed by atoms with Gasteiger partial charge in [0.2, 0.25) is 0 Å². The van der Waals surface area contributed by atoms with Crippen LogP contribution in [0, 0.1) is 0 Å². The van der Waals surface area contributed by atoms with Gasteiger partial charge in [-0.25, -0.2) is 0 Å². The van der Waals surface area contributed by atoms with Crippen LogP contribution in [0.15, 0.2) is 0 Å². The summed E-state index contributed by atoms with van der Waals surface area (Å²) in [6.45, 7) is 0. The van der Waals surface area contributed by atoms with E-state index in [2.05, 4.69) is 67.1 Å². The van der Waals surface area contributed by atoms with Crippen molar-refractivity contribution < 1.29 is 4.23 Å². The molecule has 6 heteroatoms. The molecular formula is Br5Re. The summed E-state index contributed by atoms with van der Waals surface area (Å²) in [6, 6.07) is 0. The third-order valence-electron chi connectivity index (χ3n) is 0. The third-order valence-corrected chi connectivity index (χ3v) is 0. The van der Waals surface area contributed by atoms with Crippen molar-refractivity contribution in [3.63, 3.8) is 0 Å². The number of hydrogen-bond donors (Lipinski definition) is 0. The van der Waals surface area contributed by atoms with Gasteiger partial charge in [-0.1, -0.05) is 0 Å². The van der Waals surface area contributed by atoms with Gasteiger partial charge in [-0.3, -0.25) is 0 Å². The summed E-state index contributed by atoms with van der Waals surface area (Å²) in [5, 5.41) is 0. The van der Waals surface area contributed by atoms with Crippen LogP contribution in [0.5, 0.6) is 0 Å². The van der Waals surface area contributed by atoms with Crippen LogP contribution in [-0.2, 0) is 4.23 Å². The van der Waals surface area contributed by atoms with E-state index in [0.717, 1.165) is 0 Å². The van der Waals surface area contributed by atoms with Crippen molar-refractivity contribution in [1.29, 1.82) is 0 Å². The van der Waals surface area contributed by atoms with Gasteiger partial charge >= 0.3 is 71.4 Å². The summed E-state index contributed by atoms with van der Waals surface area (Å²) in [4.78, 5) is 0. The van der Waals surface area contributed by atoms with Crippen molar-refractivity contribution in [2.45, 2.75) is 0 Å². The van der Waals surface area contributed by atoms with E-state index in [1.807, 2.05) is 0 Å². The molecule has 0 aromatic carbocycles. The van der Waals surface area contributed by atoms with Gasteiger partial charge in [0.1, 0.15) is 0 Å². The fourth-order valence-corrected chi connectivity index (χ4v) is 0. The minimum atomic E-state index is -2.64. The van der Waals surface area contributed by atoms with E-state index in [1.54, 1.807) is 0 Å². The SMILES string of the molecule is [Br][Re]([Br])([Br])([Br])[Br]. The van der Waals surface area contributed by atoms with Gasteiger partial charge < -0.3 is 0 Å². The van der Waals surface area contributed by atoms with Crippen LogP contribution in [0.4, 0.5) is 0 Å². The molecular weight excluding hydrogens is 586 g/mol. The first kappa shape index (κ1) is 9.06. The van der Waals surface area contributed by atoms with Crippen LogP contribution < -0.4 is 0 Å². The normalized spacial score (nSPS) is 19.2. The van der Waals surface area contributed by atoms with Crippen molar-refractivity contribution in [1.82, 2.24) is 0 Å². The Morgan fingerprint density at radius 1 is 0.667 bits per heavy atom. The summed E-state index contributed by atoms with van der Waals surface area (Å²) < 4.78 is -2.64. The van der Waals surface area contributed by atoms with Gasteiger partial charge in [-0.05, 0) is 0 Å². The molecule has 0 unspecified atom stereocenters. The molecule has 0 aromatic heterocycles. The Balaban J connectivity index is 3.73. The minimum absolute atomic E-state index is 2.64. The second kappa shape index (κ2) is 2.36. The van der Waals surface area contributed by atoms with Crippen LogP contribution in [-0.4, -0.2) is 0 Å². The van der Waals surface area contributed by atoms with E-state index < -0.39 is 4.23 Å². The van der Waals surface area contributed by atoms with Crippen LogP contribution >= 0.6 is 67.1 Å². The molecule has 0 bridgehead atoms. The van der Waals surface area contributed by atoms with E-state index in [0.29, 0.717) is 0 Å². The molecule has 0 saturated heterocycles.